The van der Waals surface area contributed by atoms with Gasteiger partial charge in [0, 0.05) is 30.6 Å². The molecule has 1 spiro atoms. The molecule has 0 bridgehead atoms. The lowest BCUT2D eigenvalue weighted by Crippen LogP contribution is -2.55. The van der Waals surface area contributed by atoms with E-state index >= 15 is 0 Å². The van der Waals surface area contributed by atoms with Crippen molar-refractivity contribution in [2.75, 3.05) is 19.7 Å². The highest BCUT2D eigenvalue weighted by Crippen LogP contribution is 2.31. The number of alkyl carbamates (subject to hydrolysis) is 1. The molecule has 2 saturated heterocycles. The van der Waals surface area contributed by atoms with Gasteiger partial charge in [0.25, 0.3) is 5.91 Å². The maximum Gasteiger partial charge on any atom is 0.407 e. The second-order valence-electron chi connectivity index (χ2n) is 9.34. The number of rotatable bonds is 3. The number of aromatic amines is 1. The number of benzene rings is 1. The van der Waals surface area contributed by atoms with Gasteiger partial charge in [0.2, 0.25) is 0 Å². The van der Waals surface area contributed by atoms with Gasteiger partial charge in [-0.3, -0.25) is 4.79 Å². The number of nitrogens with one attached hydrogen (secondary N) is 3. The molecule has 31 heavy (non-hydrogen) atoms. The van der Waals surface area contributed by atoms with E-state index in [9.17, 15) is 14.0 Å². The summed E-state index contributed by atoms with van der Waals surface area (Å²) in [5.74, 6) is -0.496. The summed E-state index contributed by atoms with van der Waals surface area (Å²) in [4.78, 5) is 29.9. The van der Waals surface area contributed by atoms with Crippen LogP contribution in [0.2, 0.25) is 0 Å². The van der Waals surface area contributed by atoms with Gasteiger partial charge in [0.1, 0.15) is 18.1 Å². The molecule has 3 aliphatic rings. The quantitative estimate of drug-likeness (QED) is 0.701. The van der Waals surface area contributed by atoms with Crippen molar-refractivity contribution in [2.24, 2.45) is 0 Å². The fourth-order valence-electron chi connectivity index (χ4n) is 5.42. The largest absolute Gasteiger partial charge is 0.447 e. The van der Waals surface area contributed by atoms with E-state index in [1.807, 2.05) is 6.92 Å². The van der Waals surface area contributed by atoms with Crippen LogP contribution < -0.4 is 10.6 Å². The van der Waals surface area contributed by atoms with Gasteiger partial charge in [-0.25, -0.2) is 9.18 Å². The summed E-state index contributed by atoms with van der Waals surface area (Å²) in [7, 11) is 0. The minimum atomic E-state index is -0.319. The zero-order chi connectivity index (χ0) is 21.6. The predicted octanol–water partition coefficient (Wildman–Crippen LogP) is 3.23. The molecule has 1 saturated carbocycles. The number of fused-ring (bicyclic) bond motifs is 1. The lowest BCUT2D eigenvalue weighted by atomic mass is 9.85. The molecule has 2 amide bonds. The zero-order valence-corrected chi connectivity index (χ0v) is 17.8. The fraction of sp³-hybridized carbons (Fsp3) is 0.565. The summed E-state index contributed by atoms with van der Waals surface area (Å²) < 4.78 is 19.2. The molecule has 2 aromatic rings. The van der Waals surface area contributed by atoms with Crippen LogP contribution in [0, 0.1) is 12.7 Å². The average Bonchev–Trinajstić information content (AvgIpc) is 3.37. The molecule has 3 N–H and O–H groups in total. The number of likely N-dealkylation sites (tertiary alicyclic amines) is 1. The molecule has 5 rings (SSSR count). The van der Waals surface area contributed by atoms with Crippen LogP contribution in [0.25, 0.3) is 10.9 Å². The lowest BCUT2D eigenvalue weighted by molar-refractivity contribution is 0.0698. The number of halogens is 1. The fourth-order valence-corrected chi connectivity index (χ4v) is 5.42. The second kappa shape index (κ2) is 7.82. The van der Waals surface area contributed by atoms with Crippen LogP contribution >= 0.6 is 0 Å². The summed E-state index contributed by atoms with van der Waals surface area (Å²) in [6, 6.07) is 5.29. The molecule has 1 aromatic carbocycles. The minimum Gasteiger partial charge on any atom is -0.447 e. The molecule has 166 valence electrons. The van der Waals surface area contributed by atoms with E-state index in [0.29, 0.717) is 29.2 Å². The van der Waals surface area contributed by atoms with Crippen molar-refractivity contribution in [3.8, 4) is 0 Å². The SMILES string of the molecule is Cc1ccc(F)c2cc(C(=O)N[C@@H]3CCC[C@@H](N4CCC5(CC4)COC(=O)N5)C3)[nH]c12. The van der Waals surface area contributed by atoms with Gasteiger partial charge in [0.05, 0.1) is 11.1 Å². The van der Waals surface area contributed by atoms with Crippen LogP contribution in [-0.4, -0.2) is 59.2 Å². The van der Waals surface area contributed by atoms with E-state index in [4.69, 9.17) is 4.74 Å². The van der Waals surface area contributed by atoms with Crippen molar-refractivity contribution in [1.82, 2.24) is 20.5 Å². The van der Waals surface area contributed by atoms with E-state index in [1.54, 1.807) is 12.1 Å². The number of amides is 2. The van der Waals surface area contributed by atoms with Gasteiger partial charge in [-0.15, -0.1) is 0 Å². The minimum absolute atomic E-state index is 0.106. The van der Waals surface area contributed by atoms with Crippen molar-refractivity contribution in [2.45, 2.75) is 63.1 Å². The number of hydrogen-bond donors (Lipinski definition) is 3. The number of H-pyrrole nitrogens is 1. The number of cyclic esters (lactones) is 1. The van der Waals surface area contributed by atoms with Crippen molar-refractivity contribution in [3.63, 3.8) is 0 Å². The Morgan fingerprint density at radius 2 is 2.10 bits per heavy atom. The summed E-state index contributed by atoms with van der Waals surface area (Å²) in [6.07, 6.45) is 5.54. The Kier molecular flexibility index (Phi) is 5.12. The first-order valence-corrected chi connectivity index (χ1v) is 11.2. The van der Waals surface area contributed by atoms with Crippen molar-refractivity contribution in [3.05, 3.63) is 35.3 Å². The highest BCUT2D eigenvalue weighted by Gasteiger charge is 2.43. The number of hydrogen-bond acceptors (Lipinski definition) is 4. The van der Waals surface area contributed by atoms with E-state index in [2.05, 4.69) is 20.5 Å². The number of ether oxygens (including phenoxy) is 1. The first-order chi connectivity index (χ1) is 14.9. The van der Waals surface area contributed by atoms with Gasteiger partial charge in [0.15, 0.2) is 0 Å². The summed E-state index contributed by atoms with van der Waals surface area (Å²) in [5, 5.41) is 6.61. The Labute approximate surface area is 180 Å². The van der Waals surface area contributed by atoms with Crippen LogP contribution in [0.3, 0.4) is 0 Å². The molecule has 2 atom stereocenters. The smallest absolute Gasteiger partial charge is 0.407 e. The van der Waals surface area contributed by atoms with Gasteiger partial charge in [-0.1, -0.05) is 6.07 Å². The number of aryl methyl sites for hydroxylation is 1. The molecular formula is C23H29FN4O3. The normalized spacial score (nSPS) is 26.1. The van der Waals surface area contributed by atoms with Crippen molar-refractivity contribution in [1.29, 1.82) is 0 Å². The molecule has 8 heteroatoms. The summed E-state index contributed by atoms with van der Waals surface area (Å²) in [5.41, 5.74) is 1.80. The molecule has 3 heterocycles. The second-order valence-corrected chi connectivity index (χ2v) is 9.34. The topological polar surface area (TPSA) is 86.5 Å². The van der Waals surface area contributed by atoms with Gasteiger partial charge in [-0.05, 0) is 63.1 Å². The Hall–Kier alpha value is -2.61. The van der Waals surface area contributed by atoms with E-state index in [0.717, 1.165) is 57.2 Å². The number of piperidine rings is 1. The maximum absolute atomic E-state index is 14.1. The maximum atomic E-state index is 14.1. The first kappa shape index (κ1) is 20.3. The van der Waals surface area contributed by atoms with Crippen molar-refractivity contribution < 1.29 is 18.7 Å². The number of aromatic nitrogens is 1. The van der Waals surface area contributed by atoms with Crippen molar-refractivity contribution >= 4 is 22.9 Å². The lowest BCUT2D eigenvalue weighted by Gasteiger charge is -2.44. The molecule has 0 unspecified atom stereocenters. The summed E-state index contributed by atoms with van der Waals surface area (Å²) in [6.45, 7) is 4.22. The molecule has 7 nitrogen and oxygen atoms in total. The van der Waals surface area contributed by atoms with E-state index in [-0.39, 0.29) is 29.4 Å². The predicted molar refractivity (Wildman–Crippen MR) is 115 cm³/mol. The Morgan fingerprint density at radius 3 is 2.81 bits per heavy atom. The zero-order valence-electron chi connectivity index (χ0n) is 17.8. The van der Waals surface area contributed by atoms with Gasteiger partial charge >= 0.3 is 6.09 Å². The van der Waals surface area contributed by atoms with Crippen LogP contribution in [0.15, 0.2) is 18.2 Å². The van der Waals surface area contributed by atoms with Crippen LogP contribution in [-0.2, 0) is 4.74 Å². The molecule has 2 aliphatic heterocycles. The summed E-state index contributed by atoms with van der Waals surface area (Å²) >= 11 is 0. The number of carbonyl (C=O) groups excluding carboxylic acids is 2. The monoisotopic (exact) mass is 428 g/mol. The van der Waals surface area contributed by atoms with E-state index in [1.165, 1.54) is 6.07 Å². The van der Waals surface area contributed by atoms with Gasteiger partial charge in [-0.2, -0.15) is 0 Å². The third-order valence-electron chi connectivity index (χ3n) is 7.29. The van der Waals surface area contributed by atoms with Crippen LogP contribution in [0.5, 0.6) is 0 Å². The molecule has 1 aliphatic carbocycles. The third kappa shape index (κ3) is 3.89. The highest BCUT2D eigenvalue weighted by molar-refractivity contribution is 5.99. The molecular weight excluding hydrogens is 399 g/mol. The molecule has 3 fully saturated rings. The highest BCUT2D eigenvalue weighted by atomic mass is 19.1. The van der Waals surface area contributed by atoms with Crippen LogP contribution in [0.4, 0.5) is 9.18 Å². The van der Waals surface area contributed by atoms with E-state index < -0.39 is 0 Å². The first-order valence-electron chi connectivity index (χ1n) is 11.2. The molecule has 1 aromatic heterocycles. The van der Waals surface area contributed by atoms with Gasteiger partial charge < -0.3 is 25.3 Å². The Balaban J connectivity index is 1.20. The standard InChI is InChI=1S/C23H29FN4O3/c1-14-5-6-18(24)17-12-19(26-20(14)17)21(29)25-15-3-2-4-16(11-15)28-9-7-23(8-10-28)13-31-22(30)27-23/h5-6,12,15-16,26H,2-4,7-11,13H2,1H3,(H,25,29)(H,27,30)/t15-,16-/m1/s1. The Bertz CT molecular complexity index is 973. The average molecular weight is 429 g/mol. The number of carbonyl (C=O) groups is 2. The van der Waals surface area contributed by atoms with Crippen LogP contribution in [0.1, 0.15) is 54.6 Å². The third-order valence-corrected chi connectivity index (χ3v) is 7.29. The number of nitrogens with zero attached hydrogens (tertiary/aromatic N) is 1. The molecule has 0 radical (unpaired) electrons. The Morgan fingerprint density at radius 1 is 1.29 bits per heavy atom.